The maximum atomic E-state index is 11.8. The highest BCUT2D eigenvalue weighted by Crippen LogP contribution is 2.16. The summed E-state index contributed by atoms with van der Waals surface area (Å²) in [4.78, 5) is 22.7. The molecular formula is C13H17NO4S. The number of hydrogen-bond acceptors (Lipinski definition) is 4. The van der Waals surface area contributed by atoms with Crippen LogP contribution in [0.15, 0.2) is 23.1 Å². The third-order valence-corrected chi connectivity index (χ3v) is 3.32. The second-order valence-electron chi connectivity index (χ2n) is 3.73. The predicted octanol–water partition coefficient (Wildman–Crippen LogP) is 2.19. The summed E-state index contributed by atoms with van der Waals surface area (Å²) in [6, 6.07) is 1.27. The zero-order valence-electron chi connectivity index (χ0n) is 10.8. The minimum Gasteiger partial charge on any atom is -0.478 e. The van der Waals surface area contributed by atoms with Crippen LogP contribution in [-0.4, -0.2) is 35.0 Å². The molecule has 2 N–H and O–H groups in total. The fraction of sp³-hybridized carbons (Fsp3) is 0.385. The van der Waals surface area contributed by atoms with E-state index in [0.29, 0.717) is 18.7 Å². The molecule has 1 aromatic rings. The fourth-order valence-corrected chi connectivity index (χ4v) is 2.05. The van der Waals surface area contributed by atoms with Gasteiger partial charge in [-0.3, -0.25) is 4.79 Å². The zero-order valence-corrected chi connectivity index (χ0v) is 11.6. The van der Waals surface area contributed by atoms with E-state index in [1.807, 2.05) is 0 Å². The van der Waals surface area contributed by atoms with Crippen LogP contribution in [0.2, 0.25) is 0 Å². The number of aryl methyl sites for hydroxylation is 1. The molecule has 0 bridgehead atoms. The Kier molecular flexibility index (Phi) is 6.21. The van der Waals surface area contributed by atoms with Gasteiger partial charge in [0, 0.05) is 30.5 Å². The predicted molar refractivity (Wildman–Crippen MR) is 74.9 cm³/mol. The van der Waals surface area contributed by atoms with Gasteiger partial charge in [0.25, 0.3) is 5.91 Å². The van der Waals surface area contributed by atoms with Crippen LogP contribution in [-0.2, 0) is 6.42 Å². The van der Waals surface area contributed by atoms with Crippen LogP contribution in [0.1, 0.15) is 33.6 Å². The third-order valence-electron chi connectivity index (χ3n) is 2.35. The van der Waals surface area contributed by atoms with Crippen LogP contribution in [0.4, 0.5) is 0 Å². The van der Waals surface area contributed by atoms with Crippen molar-refractivity contribution >= 4 is 23.6 Å². The largest absolute Gasteiger partial charge is 0.478 e. The van der Waals surface area contributed by atoms with Crippen LogP contribution in [0.25, 0.3) is 0 Å². The highest BCUT2D eigenvalue weighted by molar-refractivity contribution is 7.99. The van der Waals surface area contributed by atoms with Gasteiger partial charge in [0.15, 0.2) is 5.76 Å². The Labute approximate surface area is 116 Å². The van der Waals surface area contributed by atoms with Gasteiger partial charge in [-0.1, -0.05) is 13.0 Å². The molecule has 1 aromatic heterocycles. The molecule has 0 aliphatic carbocycles. The summed E-state index contributed by atoms with van der Waals surface area (Å²) in [6.07, 6.45) is 2.23. The molecule has 0 saturated heterocycles. The van der Waals surface area contributed by atoms with Gasteiger partial charge in [0.05, 0.1) is 0 Å². The van der Waals surface area contributed by atoms with Gasteiger partial charge in [0.1, 0.15) is 11.3 Å². The first-order chi connectivity index (χ1) is 9.10. The van der Waals surface area contributed by atoms with Gasteiger partial charge < -0.3 is 14.8 Å². The summed E-state index contributed by atoms with van der Waals surface area (Å²) in [7, 11) is 0. The quantitative estimate of drug-likeness (QED) is 0.564. The lowest BCUT2D eigenvalue weighted by atomic mass is 10.2. The molecular weight excluding hydrogens is 266 g/mol. The summed E-state index contributed by atoms with van der Waals surface area (Å²) in [5.41, 5.74) is 0.0497. The number of carboxylic acid groups (broad SMARTS) is 1. The number of hydrogen-bond donors (Lipinski definition) is 2. The van der Waals surface area contributed by atoms with E-state index in [1.165, 1.54) is 6.07 Å². The topological polar surface area (TPSA) is 79.5 Å². The molecule has 1 amide bonds. The Balaban J connectivity index is 2.57. The van der Waals surface area contributed by atoms with Crippen LogP contribution in [0.3, 0.4) is 0 Å². The van der Waals surface area contributed by atoms with E-state index in [1.54, 1.807) is 24.8 Å². The Bertz CT molecular complexity index is 467. The summed E-state index contributed by atoms with van der Waals surface area (Å²) in [5.74, 6) is 0.495. The molecule has 1 rings (SSSR count). The van der Waals surface area contributed by atoms with Crippen molar-refractivity contribution in [1.29, 1.82) is 0 Å². The first-order valence-electron chi connectivity index (χ1n) is 5.93. The Hall–Kier alpha value is -1.69. The summed E-state index contributed by atoms with van der Waals surface area (Å²) in [6.45, 7) is 5.88. The Morgan fingerprint density at radius 3 is 2.84 bits per heavy atom. The lowest BCUT2D eigenvalue weighted by Gasteiger charge is -2.01. The lowest BCUT2D eigenvalue weighted by Crippen LogP contribution is -2.25. The van der Waals surface area contributed by atoms with Gasteiger partial charge >= 0.3 is 5.97 Å². The maximum absolute atomic E-state index is 11.8. The van der Waals surface area contributed by atoms with Crippen LogP contribution >= 0.6 is 11.8 Å². The molecule has 0 atom stereocenters. The van der Waals surface area contributed by atoms with Crippen molar-refractivity contribution in [2.45, 2.75) is 13.3 Å². The van der Waals surface area contributed by atoms with Crippen LogP contribution < -0.4 is 5.32 Å². The molecule has 0 saturated carbocycles. The average molecular weight is 283 g/mol. The normalized spacial score (nSPS) is 10.2. The van der Waals surface area contributed by atoms with E-state index in [0.717, 1.165) is 11.5 Å². The summed E-state index contributed by atoms with van der Waals surface area (Å²) < 4.78 is 5.25. The van der Waals surface area contributed by atoms with Gasteiger partial charge in [-0.05, 0) is 0 Å². The summed E-state index contributed by atoms with van der Waals surface area (Å²) >= 11 is 1.65. The van der Waals surface area contributed by atoms with E-state index in [9.17, 15) is 9.59 Å². The minimum atomic E-state index is -1.08. The van der Waals surface area contributed by atoms with Crippen molar-refractivity contribution in [3.05, 3.63) is 35.8 Å². The van der Waals surface area contributed by atoms with Gasteiger partial charge in [-0.25, -0.2) is 4.79 Å². The van der Waals surface area contributed by atoms with Crippen LogP contribution in [0.5, 0.6) is 0 Å². The molecule has 0 aromatic carbocycles. The van der Waals surface area contributed by atoms with E-state index in [4.69, 9.17) is 9.52 Å². The molecule has 0 aliphatic rings. The number of carbonyl (C=O) groups excluding carboxylic acids is 1. The first kappa shape index (κ1) is 15.4. The third kappa shape index (κ3) is 4.48. The lowest BCUT2D eigenvalue weighted by molar-refractivity contribution is 0.0694. The number of nitrogens with one attached hydrogen (secondary N) is 1. The number of amides is 1. The SMILES string of the molecule is C=CCSCCNC(=O)c1cc(C(=O)O)c(CC)o1. The van der Waals surface area contributed by atoms with Crippen molar-refractivity contribution in [2.75, 3.05) is 18.1 Å². The molecule has 0 unspecified atom stereocenters. The van der Waals surface area contributed by atoms with E-state index < -0.39 is 5.97 Å². The molecule has 0 aliphatic heterocycles. The van der Waals surface area contributed by atoms with E-state index in [-0.39, 0.29) is 17.2 Å². The molecule has 0 fully saturated rings. The molecule has 1 heterocycles. The highest BCUT2D eigenvalue weighted by atomic mass is 32.2. The average Bonchev–Trinajstić information content (AvgIpc) is 2.82. The smallest absolute Gasteiger partial charge is 0.339 e. The summed E-state index contributed by atoms with van der Waals surface area (Å²) in [5, 5.41) is 11.6. The molecule has 19 heavy (non-hydrogen) atoms. The Morgan fingerprint density at radius 2 is 2.32 bits per heavy atom. The number of rotatable bonds is 8. The first-order valence-corrected chi connectivity index (χ1v) is 7.08. The number of thioether (sulfide) groups is 1. The van der Waals surface area contributed by atoms with E-state index >= 15 is 0 Å². The monoisotopic (exact) mass is 283 g/mol. The van der Waals surface area contributed by atoms with Crippen molar-refractivity contribution in [2.24, 2.45) is 0 Å². The van der Waals surface area contributed by atoms with Crippen molar-refractivity contribution < 1.29 is 19.1 Å². The van der Waals surface area contributed by atoms with Crippen molar-refractivity contribution in [3.63, 3.8) is 0 Å². The molecule has 0 spiro atoms. The second kappa shape index (κ2) is 7.68. The second-order valence-corrected chi connectivity index (χ2v) is 4.88. The Morgan fingerprint density at radius 1 is 1.58 bits per heavy atom. The molecule has 6 heteroatoms. The van der Waals surface area contributed by atoms with E-state index in [2.05, 4.69) is 11.9 Å². The minimum absolute atomic E-state index is 0.0444. The maximum Gasteiger partial charge on any atom is 0.339 e. The van der Waals surface area contributed by atoms with Crippen molar-refractivity contribution in [1.82, 2.24) is 5.32 Å². The molecule has 104 valence electrons. The zero-order chi connectivity index (χ0) is 14.3. The van der Waals surface area contributed by atoms with Crippen molar-refractivity contribution in [3.8, 4) is 0 Å². The van der Waals surface area contributed by atoms with Crippen LogP contribution in [0, 0.1) is 0 Å². The molecule has 0 radical (unpaired) electrons. The van der Waals surface area contributed by atoms with Gasteiger partial charge in [0.2, 0.25) is 0 Å². The molecule has 5 nitrogen and oxygen atoms in total. The fourth-order valence-electron chi connectivity index (χ4n) is 1.47. The standard InChI is InChI=1S/C13H17NO4S/c1-3-6-19-7-5-14-12(15)11-8-9(13(16)17)10(4-2)18-11/h3,8H,1,4-7H2,2H3,(H,14,15)(H,16,17). The number of carbonyl (C=O) groups is 2. The number of furan rings is 1. The number of aromatic carboxylic acids is 1. The highest BCUT2D eigenvalue weighted by Gasteiger charge is 2.19. The number of carboxylic acids is 1. The van der Waals surface area contributed by atoms with Gasteiger partial charge in [-0.2, -0.15) is 11.8 Å². The van der Waals surface area contributed by atoms with Gasteiger partial charge in [-0.15, -0.1) is 6.58 Å².